The third-order valence-corrected chi connectivity index (χ3v) is 3.82. The highest BCUT2D eigenvalue weighted by Gasteiger charge is 2.40. The lowest BCUT2D eigenvalue weighted by atomic mass is 10.1. The minimum absolute atomic E-state index is 0.0471. The second kappa shape index (κ2) is 5.96. The van der Waals surface area contributed by atoms with Gasteiger partial charge in [0.1, 0.15) is 22.9 Å². The summed E-state index contributed by atoms with van der Waals surface area (Å²) >= 11 is 1.96. The lowest BCUT2D eigenvalue weighted by Crippen LogP contribution is -2.41. The van der Waals surface area contributed by atoms with Crippen molar-refractivity contribution in [3.8, 4) is 0 Å². The summed E-state index contributed by atoms with van der Waals surface area (Å²) in [6.07, 6.45) is -1.19. The molecule has 1 fully saturated rings. The smallest absolute Gasteiger partial charge is 0.338 e. The van der Waals surface area contributed by atoms with Crippen LogP contribution in [0.3, 0.4) is 0 Å². The molecule has 1 aliphatic heterocycles. The van der Waals surface area contributed by atoms with Gasteiger partial charge in [-0.2, -0.15) is 0 Å². The Kier molecular flexibility index (Phi) is 4.55. The highest BCUT2D eigenvalue weighted by molar-refractivity contribution is 14.1. The van der Waals surface area contributed by atoms with Gasteiger partial charge in [0.25, 0.3) is 0 Å². The Morgan fingerprint density at radius 2 is 2.11 bits per heavy atom. The van der Waals surface area contributed by atoms with Crippen LogP contribution in [0.25, 0.3) is 0 Å². The van der Waals surface area contributed by atoms with Gasteiger partial charge in [-0.15, -0.1) is 0 Å². The van der Waals surface area contributed by atoms with E-state index in [4.69, 9.17) is 15.2 Å². The average molecular weight is 363 g/mol. The van der Waals surface area contributed by atoms with Crippen molar-refractivity contribution < 1.29 is 19.4 Å². The number of benzene rings is 1. The van der Waals surface area contributed by atoms with Crippen molar-refractivity contribution >= 4 is 28.6 Å². The molecule has 98 valence electrons. The molecule has 0 saturated carbocycles. The van der Waals surface area contributed by atoms with Gasteiger partial charge in [-0.25, -0.2) is 4.79 Å². The molecule has 1 aliphatic rings. The van der Waals surface area contributed by atoms with Crippen molar-refractivity contribution in [2.75, 3.05) is 6.61 Å². The van der Waals surface area contributed by atoms with E-state index < -0.39 is 24.2 Å². The van der Waals surface area contributed by atoms with Gasteiger partial charge >= 0.3 is 5.97 Å². The first-order valence-corrected chi connectivity index (χ1v) is 6.79. The summed E-state index contributed by atoms with van der Waals surface area (Å²) in [5.41, 5.74) is 6.25. The fraction of sp³-hybridized carbons (Fsp3) is 0.417. The molecule has 4 atom stereocenters. The summed E-state index contributed by atoms with van der Waals surface area (Å²) in [5, 5.41) is 9.62. The van der Waals surface area contributed by atoms with Gasteiger partial charge in [-0.05, 0) is 34.7 Å². The maximum atomic E-state index is 11.7. The van der Waals surface area contributed by atoms with Crippen molar-refractivity contribution in [3.63, 3.8) is 0 Å². The number of hydrogen-bond acceptors (Lipinski definition) is 5. The SMILES string of the molecule is N[C@H]1[C@H](O)[C@H](I)O[C@@H]1COC(=O)c1ccccc1. The molecule has 0 aliphatic carbocycles. The molecule has 0 aromatic heterocycles. The summed E-state index contributed by atoms with van der Waals surface area (Å²) < 4.78 is 10.2. The van der Waals surface area contributed by atoms with Crippen LogP contribution in [0.1, 0.15) is 10.4 Å². The van der Waals surface area contributed by atoms with Crippen LogP contribution in [0.4, 0.5) is 0 Å². The number of hydrogen-bond donors (Lipinski definition) is 2. The van der Waals surface area contributed by atoms with Gasteiger partial charge in [-0.1, -0.05) is 18.2 Å². The minimum Gasteiger partial charge on any atom is -0.459 e. The van der Waals surface area contributed by atoms with Crippen LogP contribution in [-0.4, -0.2) is 40.0 Å². The molecule has 0 unspecified atom stereocenters. The second-order valence-corrected chi connectivity index (χ2v) is 5.29. The number of esters is 1. The van der Waals surface area contributed by atoms with E-state index in [1.807, 2.05) is 28.7 Å². The fourth-order valence-corrected chi connectivity index (χ4v) is 2.56. The quantitative estimate of drug-likeness (QED) is 0.469. The van der Waals surface area contributed by atoms with Crippen molar-refractivity contribution in [3.05, 3.63) is 35.9 Å². The van der Waals surface area contributed by atoms with Crippen LogP contribution in [0.15, 0.2) is 30.3 Å². The van der Waals surface area contributed by atoms with Gasteiger partial charge < -0.3 is 20.3 Å². The highest BCUT2D eigenvalue weighted by atomic mass is 127. The third-order valence-electron chi connectivity index (χ3n) is 2.79. The summed E-state index contributed by atoms with van der Waals surface area (Å²) in [7, 11) is 0. The lowest BCUT2D eigenvalue weighted by molar-refractivity contribution is 0.00892. The fourth-order valence-electron chi connectivity index (χ4n) is 1.70. The number of rotatable bonds is 3. The topological polar surface area (TPSA) is 81.8 Å². The molecule has 1 heterocycles. The van der Waals surface area contributed by atoms with E-state index in [1.54, 1.807) is 24.3 Å². The van der Waals surface area contributed by atoms with Gasteiger partial charge in [0.2, 0.25) is 0 Å². The Balaban J connectivity index is 1.88. The lowest BCUT2D eigenvalue weighted by Gasteiger charge is -2.15. The summed E-state index contributed by atoms with van der Waals surface area (Å²) in [6.45, 7) is 0.0471. The van der Waals surface area contributed by atoms with E-state index in [-0.39, 0.29) is 10.7 Å². The number of carbonyl (C=O) groups is 1. The second-order valence-electron chi connectivity index (χ2n) is 4.06. The van der Waals surface area contributed by atoms with Gasteiger partial charge in [0, 0.05) is 0 Å². The molecule has 5 nitrogen and oxygen atoms in total. The van der Waals surface area contributed by atoms with E-state index in [2.05, 4.69) is 0 Å². The molecule has 2 rings (SSSR count). The zero-order valence-electron chi connectivity index (χ0n) is 9.53. The Morgan fingerprint density at radius 3 is 2.67 bits per heavy atom. The highest BCUT2D eigenvalue weighted by Crippen LogP contribution is 2.24. The molecule has 18 heavy (non-hydrogen) atoms. The van der Waals surface area contributed by atoms with Gasteiger partial charge in [-0.3, -0.25) is 0 Å². The zero-order chi connectivity index (χ0) is 13.1. The third kappa shape index (κ3) is 3.00. The van der Waals surface area contributed by atoms with Crippen molar-refractivity contribution in [1.82, 2.24) is 0 Å². The Hall–Kier alpha value is -0.700. The Labute approximate surface area is 118 Å². The number of halogens is 1. The van der Waals surface area contributed by atoms with Crippen LogP contribution in [0.2, 0.25) is 0 Å². The Morgan fingerprint density at radius 1 is 1.44 bits per heavy atom. The van der Waals surface area contributed by atoms with Crippen molar-refractivity contribution in [2.24, 2.45) is 5.73 Å². The molecule has 0 bridgehead atoms. The number of aliphatic hydroxyl groups is 1. The van der Waals surface area contributed by atoms with Crippen molar-refractivity contribution in [1.29, 1.82) is 0 Å². The largest absolute Gasteiger partial charge is 0.459 e. The molecule has 0 amide bonds. The molecule has 3 N–H and O–H groups in total. The normalized spacial score (nSPS) is 31.3. The number of nitrogens with two attached hydrogens (primary N) is 1. The van der Waals surface area contributed by atoms with Crippen LogP contribution in [0.5, 0.6) is 0 Å². The predicted molar refractivity (Wildman–Crippen MR) is 73.4 cm³/mol. The van der Waals surface area contributed by atoms with Gasteiger partial charge in [0.05, 0.1) is 11.6 Å². The molecule has 0 radical (unpaired) electrons. The summed E-state index contributed by atoms with van der Waals surface area (Å²) in [6, 6.07) is 8.17. The molecular formula is C12H14INO4. The summed E-state index contributed by atoms with van der Waals surface area (Å²) in [4.78, 5) is 11.7. The van der Waals surface area contributed by atoms with E-state index in [0.717, 1.165) is 0 Å². The van der Waals surface area contributed by atoms with Crippen LogP contribution in [0, 0.1) is 0 Å². The molecule has 1 saturated heterocycles. The minimum atomic E-state index is -0.731. The first-order valence-electron chi connectivity index (χ1n) is 5.55. The average Bonchev–Trinajstić information content (AvgIpc) is 2.64. The van der Waals surface area contributed by atoms with Crippen LogP contribution >= 0.6 is 22.6 Å². The van der Waals surface area contributed by atoms with Crippen LogP contribution in [-0.2, 0) is 9.47 Å². The summed E-state index contributed by atoms with van der Waals surface area (Å²) in [5.74, 6) is -0.419. The first-order chi connectivity index (χ1) is 8.59. The van der Waals surface area contributed by atoms with E-state index in [9.17, 15) is 9.90 Å². The maximum absolute atomic E-state index is 11.7. The molecule has 1 aromatic rings. The van der Waals surface area contributed by atoms with Crippen LogP contribution < -0.4 is 5.73 Å². The maximum Gasteiger partial charge on any atom is 0.338 e. The molecule has 6 heteroatoms. The van der Waals surface area contributed by atoms with Crippen molar-refractivity contribution in [2.45, 2.75) is 22.4 Å². The van der Waals surface area contributed by atoms with E-state index in [0.29, 0.717) is 5.56 Å². The standard InChI is InChI=1S/C12H14INO4/c13-11-10(15)9(14)8(18-11)6-17-12(16)7-4-2-1-3-5-7/h1-5,8-11,15H,6,14H2/t8-,9-,10+,11-/m1/s1. The molecule has 1 aromatic carbocycles. The number of aliphatic hydroxyl groups excluding tert-OH is 1. The zero-order valence-corrected chi connectivity index (χ0v) is 11.7. The number of carbonyl (C=O) groups excluding carboxylic acids is 1. The molecular weight excluding hydrogens is 349 g/mol. The van der Waals surface area contributed by atoms with Gasteiger partial charge in [0.15, 0.2) is 0 Å². The predicted octanol–water partition coefficient (Wildman–Crippen LogP) is 0.691. The van der Waals surface area contributed by atoms with E-state index in [1.165, 1.54) is 0 Å². The number of ether oxygens (including phenoxy) is 2. The number of alkyl halides is 1. The van der Waals surface area contributed by atoms with E-state index >= 15 is 0 Å². The Bertz CT molecular complexity index is 414. The first kappa shape index (κ1) is 13.7. The monoisotopic (exact) mass is 363 g/mol. The molecule has 0 spiro atoms.